The number of benzene rings is 1. The SMILES string of the molecule is CCCCN(CCO)c1ccc(CNC(C)C)c(C)c1. The number of aryl methyl sites for hydroxylation is 1. The molecule has 0 radical (unpaired) electrons. The molecule has 0 spiro atoms. The van der Waals surface area contributed by atoms with Crippen molar-refractivity contribution in [1.82, 2.24) is 5.32 Å². The molecule has 0 atom stereocenters. The van der Waals surface area contributed by atoms with Gasteiger partial charge in [0.2, 0.25) is 0 Å². The highest BCUT2D eigenvalue weighted by atomic mass is 16.3. The first-order chi connectivity index (χ1) is 9.58. The van der Waals surface area contributed by atoms with Gasteiger partial charge >= 0.3 is 0 Å². The lowest BCUT2D eigenvalue weighted by atomic mass is 10.1. The Morgan fingerprint density at radius 1 is 1.25 bits per heavy atom. The molecule has 20 heavy (non-hydrogen) atoms. The van der Waals surface area contributed by atoms with Crippen molar-refractivity contribution in [1.29, 1.82) is 0 Å². The molecule has 2 N–H and O–H groups in total. The average Bonchev–Trinajstić information content (AvgIpc) is 2.42. The minimum atomic E-state index is 0.208. The van der Waals surface area contributed by atoms with Gasteiger partial charge in [-0.15, -0.1) is 0 Å². The van der Waals surface area contributed by atoms with Crippen LogP contribution < -0.4 is 10.2 Å². The molecule has 0 unspecified atom stereocenters. The predicted molar refractivity (Wildman–Crippen MR) is 87.4 cm³/mol. The zero-order chi connectivity index (χ0) is 15.0. The Hall–Kier alpha value is -1.06. The van der Waals surface area contributed by atoms with Crippen LogP contribution in [0.1, 0.15) is 44.7 Å². The molecule has 114 valence electrons. The molecule has 0 heterocycles. The highest BCUT2D eigenvalue weighted by Crippen LogP contribution is 2.20. The summed E-state index contributed by atoms with van der Waals surface area (Å²) in [6.45, 7) is 11.5. The molecule has 1 aromatic carbocycles. The molecule has 0 amide bonds. The van der Waals surface area contributed by atoms with Gasteiger partial charge in [-0.25, -0.2) is 0 Å². The van der Waals surface area contributed by atoms with Gasteiger partial charge in [-0.2, -0.15) is 0 Å². The van der Waals surface area contributed by atoms with Gasteiger partial charge in [0, 0.05) is 31.4 Å². The van der Waals surface area contributed by atoms with E-state index in [1.54, 1.807) is 0 Å². The number of nitrogens with one attached hydrogen (secondary N) is 1. The zero-order valence-corrected chi connectivity index (χ0v) is 13.4. The molecule has 0 fully saturated rings. The second kappa shape index (κ2) is 8.98. The summed E-state index contributed by atoms with van der Waals surface area (Å²) in [6, 6.07) is 7.12. The Morgan fingerprint density at radius 3 is 2.55 bits per heavy atom. The van der Waals surface area contributed by atoms with Crippen LogP contribution in [-0.4, -0.2) is 30.8 Å². The highest BCUT2D eigenvalue weighted by Gasteiger charge is 2.07. The molecule has 1 rings (SSSR count). The minimum absolute atomic E-state index is 0.208. The van der Waals surface area contributed by atoms with E-state index >= 15 is 0 Å². The summed E-state index contributed by atoms with van der Waals surface area (Å²) in [5.41, 5.74) is 3.88. The van der Waals surface area contributed by atoms with E-state index in [9.17, 15) is 5.11 Å². The molecule has 3 heteroatoms. The first-order valence-electron chi connectivity index (χ1n) is 7.77. The molecular formula is C17H30N2O. The van der Waals surface area contributed by atoms with Gasteiger partial charge in [-0.1, -0.05) is 33.3 Å². The maximum atomic E-state index is 9.21. The van der Waals surface area contributed by atoms with Crippen LogP contribution in [-0.2, 0) is 6.54 Å². The molecule has 3 nitrogen and oxygen atoms in total. The third-order valence-electron chi connectivity index (χ3n) is 3.54. The molecule has 0 saturated carbocycles. The topological polar surface area (TPSA) is 35.5 Å². The standard InChI is InChI=1S/C17H30N2O/c1-5-6-9-19(10-11-20)17-8-7-16(15(4)12-17)13-18-14(2)3/h7-8,12,14,18,20H,5-6,9-11,13H2,1-4H3. The summed E-state index contributed by atoms with van der Waals surface area (Å²) in [5, 5.41) is 12.7. The Kier molecular flexibility index (Phi) is 7.63. The Labute approximate surface area is 124 Å². The fourth-order valence-electron chi connectivity index (χ4n) is 2.23. The van der Waals surface area contributed by atoms with Crippen LogP contribution in [0.3, 0.4) is 0 Å². The van der Waals surface area contributed by atoms with Crippen molar-refractivity contribution >= 4 is 5.69 Å². The number of nitrogens with zero attached hydrogens (tertiary/aromatic N) is 1. The van der Waals surface area contributed by atoms with Crippen LogP contribution in [0.4, 0.5) is 5.69 Å². The van der Waals surface area contributed by atoms with E-state index in [0.717, 1.165) is 19.5 Å². The molecule has 0 bridgehead atoms. The van der Waals surface area contributed by atoms with Gasteiger partial charge in [-0.05, 0) is 36.6 Å². The van der Waals surface area contributed by atoms with Crippen LogP contribution in [0.25, 0.3) is 0 Å². The van der Waals surface area contributed by atoms with E-state index in [1.807, 2.05) is 0 Å². The zero-order valence-electron chi connectivity index (χ0n) is 13.4. The second-order valence-corrected chi connectivity index (χ2v) is 5.71. The van der Waals surface area contributed by atoms with Crippen LogP contribution in [0.2, 0.25) is 0 Å². The van der Waals surface area contributed by atoms with Crippen molar-refractivity contribution in [2.75, 3.05) is 24.6 Å². The Bertz CT molecular complexity index is 391. The van der Waals surface area contributed by atoms with Crippen molar-refractivity contribution in [3.05, 3.63) is 29.3 Å². The smallest absolute Gasteiger partial charge is 0.0606 e. The van der Waals surface area contributed by atoms with Crippen molar-refractivity contribution in [2.45, 2.75) is 53.1 Å². The first kappa shape index (κ1) is 17.0. The monoisotopic (exact) mass is 278 g/mol. The largest absolute Gasteiger partial charge is 0.395 e. The van der Waals surface area contributed by atoms with Gasteiger partial charge in [0.25, 0.3) is 0 Å². The summed E-state index contributed by atoms with van der Waals surface area (Å²) >= 11 is 0. The lowest BCUT2D eigenvalue weighted by Crippen LogP contribution is -2.28. The second-order valence-electron chi connectivity index (χ2n) is 5.71. The maximum Gasteiger partial charge on any atom is 0.0606 e. The molecule has 1 aromatic rings. The Balaban J connectivity index is 2.76. The van der Waals surface area contributed by atoms with Crippen LogP contribution in [0.15, 0.2) is 18.2 Å². The van der Waals surface area contributed by atoms with Gasteiger partial charge in [0.15, 0.2) is 0 Å². The minimum Gasteiger partial charge on any atom is -0.395 e. The molecule has 0 aromatic heterocycles. The number of anilines is 1. The van der Waals surface area contributed by atoms with Gasteiger partial charge in [0.1, 0.15) is 0 Å². The van der Waals surface area contributed by atoms with E-state index < -0.39 is 0 Å². The summed E-state index contributed by atoms with van der Waals surface area (Å²) in [5.74, 6) is 0. The van der Waals surface area contributed by atoms with E-state index in [4.69, 9.17) is 0 Å². The maximum absolute atomic E-state index is 9.21. The summed E-state index contributed by atoms with van der Waals surface area (Å²) in [4.78, 5) is 2.27. The molecule has 0 saturated heterocycles. The van der Waals surface area contributed by atoms with Crippen LogP contribution in [0, 0.1) is 6.92 Å². The van der Waals surface area contributed by atoms with Gasteiger partial charge in [-0.3, -0.25) is 0 Å². The van der Waals surface area contributed by atoms with Crippen molar-refractivity contribution < 1.29 is 5.11 Å². The molecule has 0 aliphatic carbocycles. The summed E-state index contributed by atoms with van der Waals surface area (Å²) < 4.78 is 0. The van der Waals surface area contributed by atoms with Crippen LogP contribution in [0.5, 0.6) is 0 Å². The predicted octanol–water partition coefficient (Wildman–Crippen LogP) is 3.09. The third-order valence-corrected chi connectivity index (χ3v) is 3.54. The normalized spacial score (nSPS) is 11.1. The van der Waals surface area contributed by atoms with Crippen molar-refractivity contribution in [3.8, 4) is 0 Å². The van der Waals surface area contributed by atoms with Crippen molar-refractivity contribution in [3.63, 3.8) is 0 Å². The average molecular weight is 278 g/mol. The van der Waals surface area contributed by atoms with E-state index in [-0.39, 0.29) is 6.61 Å². The third kappa shape index (κ3) is 5.51. The number of aliphatic hydroxyl groups is 1. The lowest BCUT2D eigenvalue weighted by molar-refractivity contribution is 0.301. The number of unbranched alkanes of at least 4 members (excludes halogenated alkanes) is 1. The first-order valence-corrected chi connectivity index (χ1v) is 7.77. The van der Waals surface area contributed by atoms with E-state index in [0.29, 0.717) is 12.6 Å². The van der Waals surface area contributed by atoms with Crippen molar-refractivity contribution in [2.24, 2.45) is 0 Å². The number of aliphatic hydroxyl groups excluding tert-OH is 1. The number of hydrogen-bond acceptors (Lipinski definition) is 3. The van der Waals surface area contributed by atoms with E-state index in [1.165, 1.54) is 23.2 Å². The molecule has 0 aliphatic heterocycles. The van der Waals surface area contributed by atoms with Gasteiger partial charge < -0.3 is 15.3 Å². The molecular weight excluding hydrogens is 248 g/mol. The summed E-state index contributed by atoms with van der Waals surface area (Å²) in [6.07, 6.45) is 2.34. The quantitative estimate of drug-likeness (QED) is 0.728. The molecule has 0 aliphatic rings. The van der Waals surface area contributed by atoms with E-state index in [2.05, 4.69) is 56.1 Å². The number of rotatable bonds is 9. The fourth-order valence-corrected chi connectivity index (χ4v) is 2.23. The Morgan fingerprint density at radius 2 is 2.00 bits per heavy atom. The lowest BCUT2D eigenvalue weighted by Gasteiger charge is -2.25. The highest BCUT2D eigenvalue weighted by molar-refractivity contribution is 5.50. The van der Waals surface area contributed by atoms with Gasteiger partial charge in [0.05, 0.1) is 6.61 Å². The van der Waals surface area contributed by atoms with Crippen LogP contribution >= 0.6 is 0 Å². The fraction of sp³-hybridized carbons (Fsp3) is 0.647. The summed E-state index contributed by atoms with van der Waals surface area (Å²) in [7, 11) is 0. The number of hydrogen-bond donors (Lipinski definition) is 2.